The largest absolute Gasteiger partial charge is 0.347 e. The molecule has 0 radical (unpaired) electrons. The molecule has 0 aromatic carbocycles. The van der Waals surface area contributed by atoms with Crippen LogP contribution in [-0.4, -0.2) is 15.9 Å². The average molecular weight is 315 g/mol. The van der Waals surface area contributed by atoms with Gasteiger partial charge in [0, 0.05) is 29.9 Å². The number of aromatic nitrogens is 2. The minimum Gasteiger partial charge on any atom is -0.347 e. The van der Waals surface area contributed by atoms with Crippen LogP contribution in [0.3, 0.4) is 0 Å². The van der Waals surface area contributed by atoms with Gasteiger partial charge in [0.1, 0.15) is 9.88 Å². The van der Waals surface area contributed by atoms with Crippen molar-refractivity contribution in [1.82, 2.24) is 15.3 Å². The van der Waals surface area contributed by atoms with Crippen LogP contribution in [0.15, 0.2) is 41.4 Å². The van der Waals surface area contributed by atoms with Crippen LogP contribution in [0.4, 0.5) is 0 Å². The zero-order chi connectivity index (χ0) is 14.7. The maximum Gasteiger partial charge on any atom is 0.263 e. The van der Waals surface area contributed by atoms with Crippen LogP contribution in [0, 0.1) is 6.92 Å². The molecular weight excluding hydrogens is 302 g/mol. The Morgan fingerprint density at radius 1 is 1.38 bits per heavy atom. The fourth-order valence-corrected chi connectivity index (χ4v) is 3.58. The van der Waals surface area contributed by atoms with Crippen molar-refractivity contribution in [3.8, 4) is 10.6 Å². The van der Waals surface area contributed by atoms with Gasteiger partial charge in [0.2, 0.25) is 0 Å². The average Bonchev–Trinajstić information content (AvgIpc) is 3.15. The number of rotatable bonds is 4. The highest BCUT2D eigenvalue weighted by Crippen LogP contribution is 2.29. The highest BCUT2D eigenvalue weighted by atomic mass is 32.1. The van der Waals surface area contributed by atoms with Crippen molar-refractivity contribution >= 4 is 28.6 Å². The molecule has 6 heteroatoms. The topological polar surface area (TPSA) is 54.9 Å². The molecule has 0 aliphatic heterocycles. The summed E-state index contributed by atoms with van der Waals surface area (Å²) in [6.45, 7) is 2.34. The molecule has 0 saturated carbocycles. The number of thiazole rings is 1. The van der Waals surface area contributed by atoms with E-state index in [-0.39, 0.29) is 5.91 Å². The lowest BCUT2D eigenvalue weighted by atomic mass is 10.3. The van der Waals surface area contributed by atoms with Gasteiger partial charge in [0.25, 0.3) is 5.91 Å². The van der Waals surface area contributed by atoms with Crippen molar-refractivity contribution in [2.24, 2.45) is 0 Å². The maximum absolute atomic E-state index is 12.3. The second kappa shape index (κ2) is 6.15. The zero-order valence-electron chi connectivity index (χ0n) is 11.4. The van der Waals surface area contributed by atoms with Gasteiger partial charge < -0.3 is 5.32 Å². The molecule has 0 spiro atoms. The second-order valence-electron chi connectivity index (χ2n) is 4.49. The summed E-state index contributed by atoms with van der Waals surface area (Å²) in [6, 6.07) is 5.80. The molecule has 0 bridgehead atoms. The van der Waals surface area contributed by atoms with Crippen molar-refractivity contribution in [3.05, 3.63) is 57.5 Å². The number of amides is 1. The van der Waals surface area contributed by atoms with Gasteiger partial charge in [-0.05, 0) is 30.0 Å². The van der Waals surface area contributed by atoms with E-state index in [1.807, 2.05) is 35.9 Å². The Morgan fingerprint density at radius 3 is 3.00 bits per heavy atom. The number of aryl methyl sites for hydroxylation is 1. The molecule has 3 heterocycles. The van der Waals surface area contributed by atoms with Gasteiger partial charge in [-0.3, -0.25) is 9.78 Å². The van der Waals surface area contributed by atoms with E-state index in [2.05, 4.69) is 15.3 Å². The van der Waals surface area contributed by atoms with E-state index in [0.29, 0.717) is 11.4 Å². The molecule has 0 saturated heterocycles. The Hall–Kier alpha value is -2.05. The van der Waals surface area contributed by atoms with Gasteiger partial charge in [-0.1, -0.05) is 6.07 Å². The molecule has 21 heavy (non-hydrogen) atoms. The van der Waals surface area contributed by atoms with E-state index < -0.39 is 0 Å². The minimum absolute atomic E-state index is 0.0877. The molecule has 0 unspecified atom stereocenters. The van der Waals surface area contributed by atoms with Crippen LogP contribution in [-0.2, 0) is 6.54 Å². The molecule has 1 amide bonds. The summed E-state index contributed by atoms with van der Waals surface area (Å²) in [5.41, 5.74) is 2.82. The quantitative estimate of drug-likeness (QED) is 0.801. The Morgan fingerprint density at radius 2 is 2.29 bits per heavy atom. The number of nitrogens with one attached hydrogen (secondary N) is 1. The summed E-state index contributed by atoms with van der Waals surface area (Å²) in [5, 5.41) is 7.84. The molecule has 0 aliphatic rings. The van der Waals surface area contributed by atoms with E-state index in [0.717, 1.165) is 21.8 Å². The smallest absolute Gasteiger partial charge is 0.263 e. The van der Waals surface area contributed by atoms with Crippen LogP contribution >= 0.6 is 22.7 Å². The predicted molar refractivity (Wildman–Crippen MR) is 85.6 cm³/mol. The molecule has 4 nitrogen and oxygen atoms in total. The molecule has 3 rings (SSSR count). The first-order valence-corrected chi connectivity index (χ1v) is 8.17. The Balaban J connectivity index is 1.73. The third-order valence-electron chi connectivity index (χ3n) is 2.95. The highest BCUT2D eigenvalue weighted by Gasteiger charge is 2.16. The first-order chi connectivity index (χ1) is 10.2. The first kappa shape index (κ1) is 13.9. The van der Waals surface area contributed by atoms with Crippen LogP contribution in [0.5, 0.6) is 0 Å². The van der Waals surface area contributed by atoms with Gasteiger partial charge in [-0.25, -0.2) is 4.98 Å². The van der Waals surface area contributed by atoms with Gasteiger partial charge >= 0.3 is 0 Å². The summed E-state index contributed by atoms with van der Waals surface area (Å²) in [4.78, 5) is 21.4. The van der Waals surface area contributed by atoms with Gasteiger partial charge in [-0.15, -0.1) is 11.3 Å². The number of nitrogens with zero attached hydrogens (tertiary/aromatic N) is 2. The number of thiophene rings is 1. The standard InChI is InChI=1S/C15H13N3OS2/c1-10-13(21-15(18-10)12-4-6-20-9-12)14(19)17-8-11-3-2-5-16-7-11/h2-7,9H,8H2,1H3,(H,17,19). The SMILES string of the molecule is Cc1nc(-c2ccsc2)sc1C(=O)NCc1cccnc1. The second-order valence-corrected chi connectivity index (χ2v) is 6.27. The Labute approximate surface area is 130 Å². The predicted octanol–water partition coefficient (Wildman–Crippen LogP) is 3.51. The van der Waals surface area contributed by atoms with Crippen molar-refractivity contribution in [2.75, 3.05) is 0 Å². The third-order valence-corrected chi connectivity index (χ3v) is 4.84. The molecule has 0 aliphatic carbocycles. The Bertz CT molecular complexity index is 736. The molecular formula is C15H13N3OS2. The summed E-state index contributed by atoms with van der Waals surface area (Å²) in [7, 11) is 0. The number of hydrogen-bond acceptors (Lipinski definition) is 5. The van der Waals surface area contributed by atoms with Crippen molar-refractivity contribution < 1.29 is 4.79 Å². The molecule has 3 aromatic rings. The highest BCUT2D eigenvalue weighted by molar-refractivity contribution is 7.17. The maximum atomic E-state index is 12.3. The molecule has 106 valence electrons. The fraction of sp³-hybridized carbons (Fsp3) is 0.133. The molecule has 0 fully saturated rings. The fourth-order valence-electron chi connectivity index (χ4n) is 1.88. The number of carbonyl (C=O) groups excluding carboxylic acids is 1. The third kappa shape index (κ3) is 3.17. The summed E-state index contributed by atoms with van der Waals surface area (Å²) in [6.07, 6.45) is 3.46. The van der Waals surface area contributed by atoms with Crippen molar-refractivity contribution in [1.29, 1.82) is 0 Å². The monoisotopic (exact) mass is 315 g/mol. The normalized spacial score (nSPS) is 10.5. The molecule has 3 aromatic heterocycles. The van der Waals surface area contributed by atoms with Gasteiger partial charge in [-0.2, -0.15) is 11.3 Å². The molecule has 0 atom stereocenters. The lowest BCUT2D eigenvalue weighted by molar-refractivity contribution is 0.0954. The van der Waals surface area contributed by atoms with Gasteiger partial charge in [0.15, 0.2) is 0 Å². The van der Waals surface area contributed by atoms with E-state index in [1.165, 1.54) is 11.3 Å². The number of hydrogen-bond donors (Lipinski definition) is 1. The number of carbonyl (C=O) groups is 1. The van der Waals surface area contributed by atoms with E-state index in [1.54, 1.807) is 23.7 Å². The lowest BCUT2D eigenvalue weighted by Gasteiger charge is -2.03. The van der Waals surface area contributed by atoms with Crippen LogP contribution < -0.4 is 5.32 Å². The first-order valence-electron chi connectivity index (χ1n) is 6.41. The minimum atomic E-state index is -0.0877. The van der Waals surface area contributed by atoms with Crippen molar-refractivity contribution in [3.63, 3.8) is 0 Å². The van der Waals surface area contributed by atoms with E-state index >= 15 is 0 Å². The van der Waals surface area contributed by atoms with Crippen LogP contribution in [0.2, 0.25) is 0 Å². The summed E-state index contributed by atoms with van der Waals surface area (Å²) < 4.78 is 0. The van der Waals surface area contributed by atoms with E-state index in [9.17, 15) is 4.79 Å². The lowest BCUT2D eigenvalue weighted by Crippen LogP contribution is -2.22. The Kier molecular flexibility index (Phi) is 4.08. The summed E-state index contributed by atoms with van der Waals surface area (Å²) >= 11 is 3.05. The van der Waals surface area contributed by atoms with Crippen LogP contribution in [0.1, 0.15) is 20.9 Å². The van der Waals surface area contributed by atoms with Crippen molar-refractivity contribution in [2.45, 2.75) is 13.5 Å². The zero-order valence-corrected chi connectivity index (χ0v) is 13.0. The van der Waals surface area contributed by atoms with Gasteiger partial charge in [0.05, 0.1) is 5.69 Å². The summed E-state index contributed by atoms with van der Waals surface area (Å²) in [5.74, 6) is -0.0877. The number of pyridine rings is 1. The van der Waals surface area contributed by atoms with Crippen LogP contribution in [0.25, 0.3) is 10.6 Å². The van der Waals surface area contributed by atoms with E-state index in [4.69, 9.17) is 0 Å². The molecule has 1 N–H and O–H groups in total.